The van der Waals surface area contributed by atoms with Gasteiger partial charge in [0.05, 0.1) is 0 Å². The molecule has 0 saturated carbocycles. The number of rotatable bonds is 8. The highest BCUT2D eigenvalue weighted by atomic mass is 16.5. The van der Waals surface area contributed by atoms with Crippen molar-refractivity contribution in [2.45, 2.75) is 46.0 Å². The molecule has 0 bridgehead atoms. The molecule has 0 unspecified atom stereocenters. The van der Waals surface area contributed by atoms with E-state index in [1.54, 1.807) is 6.33 Å². The molecule has 1 saturated heterocycles. The lowest BCUT2D eigenvalue weighted by Gasteiger charge is -2.33. The molecule has 0 aliphatic carbocycles. The van der Waals surface area contributed by atoms with Gasteiger partial charge in [0.1, 0.15) is 17.9 Å². The van der Waals surface area contributed by atoms with Gasteiger partial charge in [0.2, 0.25) is 11.8 Å². The molecule has 2 heterocycles. The number of hydrogen-bond donors (Lipinski definition) is 0. The van der Waals surface area contributed by atoms with Crippen molar-refractivity contribution in [2.75, 3.05) is 31.6 Å². The SMILES string of the molecule is CCCCN(C)C(=O)C1CCN(c2cc(Oc3ccc(CC)cc3)ncn2)CC1. The maximum absolute atomic E-state index is 12.6. The summed E-state index contributed by atoms with van der Waals surface area (Å²) in [5.41, 5.74) is 1.28. The Balaban J connectivity index is 1.56. The van der Waals surface area contributed by atoms with Gasteiger partial charge in [-0.05, 0) is 43.4 Å². The molecule has 1 fully saturated rings. The summed E-state index contributed by atoms with van der Waals surface area (Å²) in [4.78, 5) is 25.4. The van der Waals surface area contributed by atoms with Crippen molar-refractivity contribution in [3.05, 3.63) is 42.2 Å². The van der Waals surface area contributed by atoms with E-state index in [0.717, 1.165) is 63.3 Å². The van der Waals surface area contributed by atoms with Gasteiger partial charge >= 0.3 is 0 Å². The molecule has 0 radical (unpaired) electrons. The van der Waals surface area contributed by atoms with Crippen molar-refractivity contribution < 1.29 is 9.53 Å². The van der Waals surface area contributed by atoms with Crippen LogP contribution in [0.15, 0.2) is 36.7 Å². The van der Waals surface area contributed by atoms with Gasteiger partial charge in [0.25, 0.3) is 0 Å². The monoisotopic (exact) mass is 396 g/mol. The topological polar surface area (TPSA) is 58.6 Å². The van der Waals surface area contributed by atoms with Crippen molar-refractivity contribution in [3.8, 4) is 11.6 Å². The van der Waals surface area contributed by atoms with E-state index < -0.39 is 0 Å². The number of nitrogens with zero attached hydrogens (tertiary/aromatic N) is 4. The minimum atomic E-state index is 0.114. The van der Waals surface area contributed by atoms with E-state index in [-0.39, 0.29) is 11.8 Å². The van der Waals surface area contributed by atoms with Crippen molar-refractivity contribution in [1.82, 2.24) is 14.9 Å². The molecule has 1 amide bonds. The quantitative estimate of drug-likeness (QED) is 0.666. The summed E-state index contributed by atoms with van der Waals surface area (Å²) in [6, 6.07) is 9.94. The van der Waals surface area contributed by atoms with Gasteiger partial charge in [-0.15, -0.1) is 0 Å². The normalized spacial score (nSPS) is 14.7. The highest BCUT2D eigenvalue weighted by Gasteiger charge is 2.27. The summed E-state index contributed by atoms with van der Waals surface area (Å²) in [5, 5.41) is 0. The van der Waals surface area contributed by atoms with Crippen molar-refractivity contribution in [1.29, 1.82) is 0 Å². The zero-order valence-corrected chi connectivity index (χ0v) is 17.8. The summed E-state index contributed by atoms with van der Waals surface area (Å²) < 4.78 is 5.90. The average molecular weight is 397 g/mol. The first-order chi connectivity index (χ1) is 14.1. The van der Waals surface area contributed by atoms with Gasteiger partial charge < -0.3 is 14.5 Å². The van der Waals surface area contributed by atoms with E-state index >= 15 is 0 Å². The van der Waals surface area contributed by atoms with E-state index in [4.69, 9.17) is 4.74 Å². The zero-order valence-electron chi connectivity index (χ0n) is 17.8. The van der Waals surface area contributed by atoms with E-state index in [1.807, 2.05) is 30.1 Å². The van der Waals surface area contributed by atoms with Crippen molar-refractivity contribution >= 4 is 11.7 Å². The molecule has 156 valence electrons. The van der Waals surface area contributed by atoms with Crippen LogP contribution < -0.4 is 9.64 Å². The predicted octanol–water partition coefficient (Wildman–Crippen LogP) is 4.31. The molecule has 1 aliphatic rings. The molecule has 0 atom stereocenters. The number of hydrogen-bond acceptors (Lipinski definition) is 5. The number of unbranched alkanes of at least 4 members (excludes halogenated alkanes) is 1. The summed E-state index contributed by atoms with van der Waals surface area (Å²) in [7, 11) is 1.92. The van der Waals surface area contributed by atoms with E-state index in [1.165, 1.54) is 5.56 Å². The number of carbonyl (C=O) groups excluding carboxylic acids is 1. The summed E-state index contributed by atoms with van der Waals surface area (Å²) in [6.45, 7) is 6.77. The molecule has 3 rings (SSSR count). The molecule has 29 heavy (non-hydrogen) atoms. The molecule has 6 nitrogen and oxygen atoms in total. The Hall–Kier alpha value is -2.63. The van der Waals surface area contributed by atoms with Crippen LogP contribution in [0.3, 0.4) is 0 Å². The van der Waals surface area contributed by atoms with Crippen LogP contribution >= 0.6 is 0 Å². The van der Waals surface area contributed by atoms with E-state index in [2.05, 4.69) is 40.8 Å². The second-order valence-electron chi connectivity index (χ2n) is 7.69. The molecular weight excluding hydrogens is 364 g/mol. The molecule has 6 heteroatoms. The van der Waals surface area contributed by atoms with Crippen LogP contribution in [0.1, 0.15) is 45.1 Å². The fourth-order valence-corrected chi connectivity index (χ4v) is 3.65. The van der Waals surface area contributed by atoms with Crippen LogP contribution in [0, 0.1) is 5.92 Å². The van der Waals surface area contributed by atoms with Crippen LogP contribution in [0.4, 0.5) is 5.82 Å². The molecule has 1 aliphatic heterocycles. The summed E-state index contributed by atoms with van der Waals surface area (Å²) >= 11 is 0. The third-order valence-electron chi connectivity index (χ3n) is 5.57. The maximum Gasteiger partial charge on any atom is 0.225 e. The maximum atomic E-state index is 12.6. The third kappa shape index (κ3) is 5.68. The fraction of sp³-hybridized carbons (Fsp3) is 0.522. The molecule has 1 aromatic heterocycles. The lowest BCUT2D eigenvalue weighted by Crippen LogP contribution is -2.41. The highest BCUT2D eigenvalue weighted by Crippen LogP contribution is 2.26. The Morgan fingerprint density at radius 3 is 2.55 bits per heavy atom. The van der Waals surface area contributed by atoms with Gasteiger partial charge in [0.15, 0.2) is 0 Å². The number of piperidine rings is 1. The second-order valence-corrected chi connectivity index (χ2v) is 7.69. The molecule has 2 aromatic rings. The molecule has 1 aromatic carbocycles. The Labute approximate surface area is 173 Å². The smallest absolute Gasteiger partial charge is 0.225 e. The standard InChI is InChI=1S/C23H32N4O2/c1-4-6-13-26(3)23(28)19-11-14-27(15-12-19)21-16-22(25-17-24-21)29-20-9-7-18(5-2)8-10-20/h7-10,16-17,19H,4-6,11-15H2,1-3H3. The number of ether oxygens (including phenoxy) is 1. The lowest BCUT2D eigenvalue weighted by molar-refractivity contribution is -0.134. The molecular formula is C23H32N4O2. The van der Waals surface area contributed by atoms with Gasteiger partial charge in [0, 0.05) is 38.7 Å². The highest BCUT2D eigenvalue weighted by molar-refractivity contribution is 5.78. The first kappa shape index (κ1) is 21.1. The van der Waals surface area contributed by atoms with Crippen molar-refractivity contribution in [3.63, 3.8) is 0 Å². The van der Waals surface area contributed by atoms with Gasteiger partial charge in [-0.1, -0.05) is 32.4 Å². The fourth-order valence-electron chi connectivity index (χ4n) is 3.65. The Morgan fingerprint density at radius 1 is 1.17 bits per heavy atom. The summed E-state index contributed by atoms with van der Waals surface area (Å²) in [5.74, 6) is 2.55. The first-order valence-electron chi connectivity index (χ1n) is 10.7. The minimum Gasteiger partial charge on any atom is -0.439 e. The van der Waals surface area contributed by atoms with Crippen LogP contribution in [0.25, 0.3) is 0 Å². The lowest BCUT2D eigenvalue weighted by atomic mass is 9.95. The second kappa shape index (κ2) is 10.2. The van der Waals surface area contributed by atoms with Crippen LogP contribution in [0.5, 0.6) is 11.6 Å². The number of aryl methyl sites for hydroxylation is 1. The Morgan fingerprint density at radius 2 is 1.90 bits per heavy atom. The number of carbonyl (C=O) groups is 1. The van der Waals surface area contributed by atoms with Gasteiger partial charge in [-0.3, -0.25) is 4.79 Å². The largest absolute Gasteiger partial charge is 0.439 e. The van der Waals surface area contributed by atoms with E-state index in [0.29, 0.717) is 5.88 Å². The third-order valence-corrected chi connectivity index (χ3v) is 5.57. The van der Waals surface area contributed by atoms with Gasteiger partial charge in [-0.25, -0.2) is 9.97 Å². The number of anilines is 1. The van der Waals surface area contributed by atoms with Gasteiger partial charge in [-0.2, -0.15) is 0 Å². The molecule has 0 spiro atoms. The molecule has 0 N–H and O–H groups in total. The zero-order chi connectivity index (χ0) is 20.6. The van der Waals surface area contributed by atoms with Crippen LogP contribution in [-0.4, -0.2) is 47.5 Å². The Kier molecular flexibility index (Phi) is 7.44. The number of benzene rings is 1. The Bertz CT molecular complexity index is 786. The number of aromatic nitrogens is 2. The predicted molar refractivity (Wildman–Crippen MR) is 115 cm³/mol. The van der Waals surface area contributed by atoms with Crippen LogP contribution in [0.2, 0.25) is 0 Å². The number of amides is 1. The van der Waals surface area contributed by atoms with E-state index in [9.17, 15) is 4.79 Å². The first-order valence-corrected chi connectivity index (χ1v) is 10.7. The average Bonchev–Trinajstić information content (AvgIpc) is 2.78. The minimum absolute atomic E-state index is 0.114. The summed E-state index contributed by atoms with van der Waals surface area (Å²) in [6.07, 6.45) is 6.43. The van der Waals surface area contributed by atoms with Crippen LogP contribution in [-0.2, 0) is 11.2 Å². The van der Waals surface area contributed by atoms with Crippen molar-refractivity contribution in [2.24, 2.45) is 5.92 Å².